The van der Waals surface area contributed by atoms with Crippen molar-refractivity contribution >= 4 is 23.5 Å². The Morgan fingerprint density at radius 1 is 1.19 bits per heavy atom. The van der Waals surface area contributed by atoms with Gasteiger partial charge in [0.1, 0.15) is 17.2 Å². The molecule has 1 aliphatic rings. The highest BCUT2D eigenvalue weighted by molar-refractivity contribution is 7.99. The minimum Gasteiger partial charge on any atom is -0.493 e. The number of methoxy groups -OCH3 is 2. The Labute approximate surface area is 188 Å². The molecule has 0 saturated carbocycles. The van der Waals surface area contributed by atoms with E-state index in [-0.39, 0.29) is 5.91 Å². The summed E-state index contributed by atoms with van der Waals surface area (Å²) in [4.78, 5) is 23.5. The Kier molecular flexibility index (Phi) is 8.82. The van der Waals surface area contributed by atoms with Gasteiger partial charge in [-0.05, 0) is 49.8 Å². The third-order valence-electron chi connectivity index (χ3n) is 5.56. The molecule has 0 bridgehead atoms. The number of rotatable bonds is 10. The summed E-state index contributed by atoms with van der Waals surface area (Å²) in [6.07, 6.45) is 7.15. The van der Waals surface area contributed by atoms with Crippen LogP contribution in [0.3, 0.4) is 0 Å². The molecule has 2 aromatic rings. The number of anilines is 1. The molecule has 8 heteroatoms. The van der Waals surface area contributed by atoms with Crippen molar-refractivity contribution in [2.45, 2.75) is 50.1 Å². The van der Waals surface area contributed by atoms with Crippen LogP contribution in [-0.2, 0) is 11.2 Å². The lowest BCUT2D eigenvalue weighted by atomic mass is 10.0. The number of ether oxygens (including phenoxy) is 2. The van der Waals surface area contributed by atoms with Gasteiger partial charge in [-0.3, -0.25) is 4.79 Å². The minimum absolute atomic E-state index is 0.00459. The fourth-order valence-electron chi connectivity index (χ4n) is 3.87. The number of piperidine rings is 1. The maximum atomic E-state index is 12.3. The summed E-state index contributed by atoms with van der Waals surface area (Å²) in [6.45, 7) is 3.83. The lowest BCUT2D eigenvalue weighted by molar-refractivity contribution is -0.118. The van der Waals surface area contributed by atoms with Crippen molar-refractivity contribution in [1.29, 1.82) is 0 Å². The van der Waals surface area contributed by atoms with E-state index in [4.69, 9.17) is 9.47 Å². The van der Waals surface area contributed by atoms with E-state index < -0.39 is 0 Å². The Hall–Kier alpha value is -2.48. The Bertz CT molecular complexity index is 864. The van der Waals surface area contributed by atoms with E-state index in [2.05, 4.69) is 27.1 Å². The molecule has 2 heterocycles. The number of aromatic nitrogens is 2. The maximum absolute atomic E-state index is 12.3. The number of amides is 1. The Morgan fingerprint density at radius 3 is 2.81 bits per heavy atom. The summed E-state index contributed by atoms with van der Waals surface area (Å²) in [7, 11) is 3.23. The van der Waals surface area contributed by atoms with Crippen molar-refractivity contribution in [3.05, 3.63) is 36.2 Å². The topological polar surface area (TPSA) is 76.6 Å². The summed E-state index contributed by atoms with van der Waals surface area (Å²) in [5, 5.41) is 3.81. The normalized spacial score (nSPS) is 16.1. The molecule has 0 radical (unpaired) electrons. The quantitative estimate of drug-likeness (QED) is 0.442. The van der Waals surface area contributed by atoms with Crippen LogP contribution in [0, 0.1) is 0 Å². The molecule has 1 saturated heterocycles. The average molecular weight is 445 g/mol. The molecule has 31 heavy (non-hydrogen) atoms. The fourth-order valence-corrected chi connectivity index (χ4v) is 4.56. The van der Waals surface area contributed by atoms with Gasteiger partial charge in [-0.2, -0.15) is 0 Å². The number of nitrogens with one attached hydrogen (secondary N) is 1. The molecule has 1 aliphatic heterocycles. The molecule has 0 aliphatic carbocycles. The zero-order valence-electron chi connectivity index (χ0n) is 18.6. The van der Waals surface area contributed by atoms with E-state index in [1.807, 2.05) is 24.3 Å². The van der Waals surface area contributed by atoms with E-state index in [0.717, 1.165) is 35.8 Å². The Morgan fingerprint density at radius 2 is 2.03 bits per heavy atom. The highest BCUT2D eigenvalue weighted by atomic mass is 32.2. The molecule has 0 unspecified atom stereocenters. The first-order chi connectivity index (χ1) is 15.1. The number of carbonyl (C=O) groups excluding carboxylic acids is 1. The van der Waals surface area contributed by atoms with Gasteiger partial charge in [0.25, 0.3) is 0 Å². The van der Waals surface area contributed by atoms with Crippen molar-refractivity contribution in [2.24, 2.45) is 0 Å². The van der Waals surface area contributed by atoms with Gasteiger partial charge in [0.2, 0.25) is 5.91 Å². The number of hydrogen-bond donors (Lipinski definition) is 1. The summed E-state index contributed by atoms with van der Waals surface area (Å²) in [5.74, 6) is 2.69. The third kappa shape index (κ3) is 6.50. The monoisotopic (exact) mass is 444 g/mol. The highest BCUT2D eigenvalue weighted by Crippen LogP contribution is 2.28. The molecular weight excluding hydrogens is 412 g/mol. The van der Waals surface area contributed by atoms with E-state index in [1.165, 1.54) is 31.0 Å². The number of nitrogens with zero attached hydrogens (tertiary/aromatic N) is 3. The highest BCUT2D eigenvalue weighted by Gasteiger charge is 2.22. The first kappa shape index (κ1) is 23.2. The van der Waals surface area contributed by atoms with Crippen LogP contribution < -0.4 is 19.7 Å². The second-order valence-corrected chi connectivity index (χ2v) is 8.54. The predicted molar refractivity (Wildman–Crippen MR) is 124 cm³/mol. The standard InChI is InChI=1S/C23H32N4O3S/c1-4-18-7-5-6-12-27(18)21-14-23(26-16-25-21)31-15-22(28)24-11-10-17-8-9-19(29-2)20(13-17)30-3/h8-9,13-14,16,18H,4-7,10-12,15H2,1-3H3,(H,24,28)/t18-/m1/s1. The van der Waals surface area contributed by atoms with E-state index in [1.54, 1.807) is 20.5 Å². The van der Waals surface area contributed by atoms with Crippen LogP contribution in [0.4, 0.5) is 5.82 Å². The number of carbonyl (C=O) groups is 1. The van der Waals surface area contributed by atoms with Crippen molar-refractivity contribution in [1.82, 2.24) is 15.3 Å². The van der Waals surface area contributed by atoms with Gasteiger partial charge in [-0.15, -0.1) is 0 Å². The molecule has 168 valence electrons. The SMILES string of the molecule is CC[C@@H]1CCCCN1c1cc(SCC(=O)NCCc2ccc(OC)c(OC)c2)ncn1. The van der Waals surface area contributed by atoms with E-state index in [9.17, 15) is 4.79 Å². The van der Waals surface area contributed by atoms with Gasteiger partial charge in [0.15, 0.2) is 11.5 Å². The number of thioether (sulfide) groups is 1. The van der Waals surface area contributed by atoms with Gasteiger partial charge < -0.3 is 19.7 Å². The van der Waals surface area contributed by atoms with Gasteiger partial charge in [0, 0.05) is 25.2 Å². The maximum Gasteiger partial charge on any atom is 0.230 e. The molecule has 1 amide bonds. The lowest BCUT2D eigenvalue weighted by Gasteiger charge is -2.36. The van der Waals surface area contributed by atoms with Crippen LogP contribution in [0.2, 0.25) is 0 Å². The first-order valence-corrected chi connectivity index (χ1v) is 11.8. The molecule has 7 nitrogen and oxygen atoms in total. The van der Waals surface area contributed by atoms with Gasteiger partial charge >= 0.3 is 0 Å². The summed E-state index contributed by atoms with van der Waals surface area (Å²) in [6, 6.07) is 8.35. The second-order valence-electron chi connectivity index (χ2n) is 7.54. The Balaban J connectivity index is 1.46. The van der Waals surface area contributed by atoms with E-state index in [0.29, 0.717) is 29.8 Å². The van der Waals surface area contributed by atoms with Crippen LogP contribution >= 0.6 is 11.8 Å². The average Bonchev–Trinajstić information content (AvgIpc) is 2.82. The summed E-state index contributed by atoms with van der Waals surface area (Å²) >= 11 is 1.45. The molecule has 1 aromatic carbocycles. The van der Waals surface area contributed by atoms with Gasteiger partial charge in [-0.1, -0.05) is 24.8 Å². The molecule has 1 aromatic heterocycles. The van der Waals surface area contributed by atoms with Crippen molar-refractivity contribution in [2.75, 3.05) is 38.0 Å². The molecule has 1 atom stereocenters. The van der Waals surface area contributed by atoms with Crippen LogP contribution in [0.15, 0.2) is 35.6 Å². The van der Waals surface area contributed by atoms with Crippen molar-refractivity contribution in [3.8, 4) is 11.5 Å². The fraction of sp³-hybridized carbons (Fsp3) is 0.522. The lowest BCUT2D eigenvalue weighted by Crippen LogP contribution is -2.39. The molecule has 1 N–H and O–H groups in total. The summed E-state index contributed by atoms with van der Waals surface area (Å²) < 4.78 is 10.6. The van der Waals surface area contributed by atoms with Crippen LogP contribution in [-0.4, -0.2) is 55.0 Å². The third-order valence-corrected chi connectivity index (χ3v) is 6.48. The molecule has 1 fully saturated rings. The second kappa shape index (κ2) is 11.8. The number of benzene rings is 1. The van der Waals surface area contributed by atoms with E-state index >= 15 is 0 Å². The van der Waals surface area contributed by atoms with Crippen molar-refractivity contribution < 1.29 is 14.3 Å². The van der Waals surface area contributed by atoms with Crippen molar-refractivity contribution in [3.63, 3.8) is 0 Å². The largest absolute Gasteiger partial charge is 0.493 e. The zero-order valence-corrected chi connectivity index (χ0v) is 19.4. The molecule has 3 rings (SSSR count). The van der Waals surface area contributed by atoms with Gasteiger partial charge in [0.05, 0.1) is 20.0 Å². The van der Waals surface area contributed by atoms with Crippen LogP contribution in [0.25, 0.3) is 0 Å². The number of hydrogen-bond acceptors (Lipinski definition) is 7. The van der Waals surface area contributed by atoms with Crippen LogP contribution in [0.1, 0.15) is 38.2 Å². The minimum atomic E-state index is -0.00459. The smallest absolute Gasteiger partial charge is 0.230 e. The predicted octanol–water partition coefficient (Wildman–Crippen LogP) is 3.71. The van der Waals surface area contributed by atoms with Crippen LogP contribution in [0.5, 0.6) is 11.5 Å². The summed E-state index contributed by atoms with van der Waals surface area (Å²) in [5.41, 5.74) is 1.08. The molecule has 0 spiro atoms. The first-order valence-electron chi connectivity index (χ1n) is 10.8. The zero-order chi connectivity index (χ0) is 22.1. The van der Waals surface area contributed by atoms with Gasteiger partial charge in [-0.25, -0.2) is 9.97 Å². The molecular formula is C23H32N4O3S.